The summed E-state index contributed by atoms with van der Waals surface area (Å²) in [5.74, 6) is 4.17. The first-order valence-electron chi connectivity index (χ1n) is 42.8. The number of halogens is 3. The van der Waals surface area contributed by atoms with E-state index in [4.69, 9.17) is 22.9 Å². The van der Waals surface area contributed by atoms with Gasteiger partial charge in [-0.05, 0) is 139 Å². The molecule has 18 aromatic rings. The van der Waals surface area contributed by atoms with Crippen LogP contribution in [0, 0.1) is 6.92 Å². The lowest BCUT2D eigenvalue weighted by atomic mass is 10.1. The molecule has 145 heavy (non-hydrogen) atoms. The Labute approximate surface area is 850 Å². The number of benzene rings is 6. The van der Waals surface area contributed by atoms with Crippen LogP contribution in [0.2, 0.25) is 0 Å². The molecule has 18 rings (SSSR count). The lowest BCUT2D eigenvalue weighted by Gasteiger charge is -2.14. The third kappa shape index (κ3) is 32.4. The van der Waals surface area contributed by atoms with E-state index in [0.29, 0.717) is 93.4 Å². The van der Waals surface area contributed by atoms with Crippen LogP contribution in [0.15, 0.2) is 351 Å². The summed E-state index contributed by atoms with van der Waals surface area (Å²) in [5.41, 5.74) is 9.43. The number of methoxy groups -OCH3 is 1. The van der Waals surface area contributed by atoms with E-state index in [1.807, 2.05) is 71.6 Å². The molecule has 4 N–H and O–H groups in total. The molecule has 0 amide bonds. The Hall–Kier alpha value is -14.7. The second-order valence-corrected chi connectivity index (χ2v) is 47.3. The fourth-order valence-corrected chi connectivity index (χ4v) is 19.1. The molecule has 0 aliphatic carbocycles. The van der Waals surface area contributed by atoms with Crippen LogP contribution in [0.5, 0.6) is 11.6 Å². The van der Waals surface area contributed by atoms with Gasteiger partial charge in [-0.1, -0.05) is 113 Å². The molecule has 0 spiro atoms. The number of furan rings is 1. The monoisotopic (exact) mass is 2150 g/mol. The highest BCUT2D eigenvalue weighted by Crippen LogP contribution is 2.37. The fraction of sp³-hybridized carbons (Fsp3) is 0.153. The summed E-state index contributed by atoms with van der Waals surface area (Å²) in [5, 5.41) is 27.4. The number of thiazole rings is 1. The van der Waals surface area contributed by atoms with Crippen LogP contribution in [-0.4, -0.2) is 160 Å². The van der Waals surface area contributed by atoms with Crippen LogP contribution in [0.25, 0.3) is 67.5 Å². The van der Waals surface area contributed by atoms with E-state index in [1.54, 1.807) is 201 Å². The van der Waals surface area contributed by atoms with Gasteiger partial charge in [0.15, 0.2) is 70.5 Å². The molecule has 0 fully saturated rings. The third-order valence-electron chi connectivity index (χ3n) is 20.2. The number of anilines is 4. The van der Waals surface area contributed by atoms with E-state index in [0.717, 1.165) is 89.5 Å². The lowest BCUT2D eigenvalue weighted by molar-refractivity contribution is -0.140. The zero-order valence-electron chi connectivity index (χ0n) is 78.1. The van der Waals surface area contributed by atoms with Crippen LogP contribution in [0.1, 0.15) is 43.3 Å². The topological polar surface area (TPSA) is 478 Å². The third-order valence-corrected chi connectivity index (χ3v) is 30.4. The quantitative estimate of drug-likeness (QED) is 0.0293. The highest BCUT2D eigenvalue weighted by Gasteiger charge is 2.37. The Bertz CT molecular complexity index is 7690. The summed E-state index contributed by atoms with van der Waals surface area (Å²) >= 11 is 6.10. The summed E-state index contributed by atoms with van der Waals surface area (Å²) in [4.78, 5) is 50.6. The van der Waals surface area contributed by atoms with Crippen LogP contribution in [0.3, 0.4) is 0 Å². The van der Waals surface area contributed by atoms with Gasteiger partial charge in [0, 0.05) is 110 Å². The van der Waals surface area contributed by atoms with Crippen LogP contribution in [0.4, 0.5) is 36.4 Å². The van der Waals surface area contributed by atoms with Gasteiger partial charge in [0.2, 0.25) is 5.88 Å². The molecular weight excluding hydrogens is 2060 g/mol. The molecule has 34 nitrogen and oxygen atoms in total. The zero-order valence-corrected chi connectivity index (χ0v) is 86.2. The molecular formula is C98H90F3N17O17S10. The van der Waals surface area contributed by atoms with Crippen molar-refractivity contribution in [2.24, 2.45) is 0 Å². The molecule has 0 aliphatic rings. The Kier molecular flexibility index (Phi) is 36.4. The van der Waals surface area contributed by atoms with Crippen molar-refractivity contribution >= 4 is 128 Å². The van der Waals surface area contributed by atoms with Crippen molar-refractivity contribution in [1.29, 1.82) is 0 Å². The summed E-state index contributed by atoms with van der Waals surface area (Å²) in [7, 11) is -17.8. The van der Waals surface area contributed by atoms with E-state index in [2.05, 4.69) is 92.5 Å². The Morgan fingerprint density at radius 3 is 1.30 bits per heavy atom. The highest BCUT2D eigenvalue weighted by atomic mass is 32.2. The van der Waals surface area contributed by atoms with Crippen molar-refractivity contribution < 1.29 is 86.6 Å². The number of aromatic nitrogens is 13. The van der Waals surface area contributed by atoms with Crippen molar-refractivity contribution in [3.63, 3.8) is 0 Å². The molecule has 750 valence electrons. The minimum atomic E-state index is -4.65. The largest absolute Gasteiger partial charge is 0.494 e. The van der Waals surface area contributed by atoms with Crippen molar-refractivity contribution in [1.82, 2.24) is 65.1 Å². The molecule has 47 heteroatoms. The van der Waals surface area contributed by atoms with Crippen LogP contribution >= 0.6 is 45.8 Å². The van der Waals surface area contributed by atoms with Crippen molar-refractivity contribution in [3.05, 3.63) is 346 Å². The summed E-state index contributed by atoms with van der Waals surface area (Å²) in [6.45, 7) is 4.15. The maximum Gasteiger partial charge on any atom is 0.437 e. The average Bonchev–Trinajstić information content (AvgIpc) is 1.19. The van der Waals surface area contributed by atoms with Gasteiger partial charge in [-0.3, -0.25) is 15.0 Å². The Balaban J connectivity index is 0.000000146. The Morgan fingerprint density at radius 1 is 0.386 bits per heavy atom. The fourth-order valence-electron chi connectivity index (χ4n) is 12.8. The van der Waals surface area contributed by atoms with Crippen molar-refractivity contribution in [3.8, 4) is 79.2 Å². The molecule has 0 unspecified atom stereocenters. The van der Waals surface area contributed by atoms with Gasteiger partial charge >= 0.3 is 6.18 Å². The number of sulfone groups is 6. The maximum atomic E-state index is 13.2. The van der Waals surface area contributed by atoms with Gasteiger partial charge in [0.05, 0.1) is 146 Å². The first kappa shape index (κ1) is 108. The number of thioether (sulfide) groups is 1. The standard InChI is InChI=1S/C18H18N2O4S.C17H14F3N3O2S2.C17H17N3O2S2.C16H15N3O3S.2C15H13N3O3S2/c1-23-16-9-10-17(19-12-14-4-3-11-24-14)20-18(16)13-5-7-15(8-6-13)25(2,21)22;1-27(24,25)13-6-4-11(5-7-13)14-10-21-15(17(18,19)20)16(23-14)22-9-12-3-2-8-26-12;1-12-17(19-10-14-4-3-9-23-14)20-16(11-18-12)13-5-7-15(8-6-13)24(2,21)22;1-23(20,21)14-7-5-12(6-8-14)15-3-2-4-16(18-15)17-11-13-9-10-22-19-13;1-23(19,20)13-4-2-11(3-5-13)14-8-16-9-15(17-14)22-10-12-6-7-21-18-12;1-23(19,20)12-4-2-11(3-5-12)13-8-16-9-14(18-13)21-10-15-17-6-7-22-15/h3-11H,12H2,1-2H3,(H,19,20);2-8,10H,9H2,1H3,(H,22,23);3-9,11H,10H2,1-2H3,(H,19,20);2-10H,11H2,1H3,(H,17,18);2*2-9H,10H2,1H3. The molecule has 0 bridgehead atoms. The molecule has 0 aliphatic heterocycles. The van der Waals surface area contributed by atoms with Gasteiger partial charge in [0.25, 0.3) is 0 Å². The molecule has 0 saturated carbocycles. The van der Waals surface area contributed by atoms with Crippen LogP contribution < -0.4 is 30.7 Å². The molecule has 0 atom stereocenters. The van der Waals surface area contributed by atoms with Crippen molar-refractivity contribution in [2.75, 3.05) is 65.9 Å². The minimum absolute atomic E-state index is 0.113. The van der Waals surface area contributed by atoms with E-state index < -0.39 is 70.9 Å². The first-order valence-corrected chi connectivity index (χ1v) is 57.8. The van der Waals surface area contributed by atoms with Gasteiger partial charge < -0.3 is 44.2 Å². The maximum absolute atomic E-state index is 13.2. The number of nitrogens with zero attached hydrogens (tertiary/aromatic N) is 13. The number of pyridine rings is 2. The molecule has 12 aromatic heterocycles. The number of thiophene rings is 2. The normalized spacial score (nSPS) is 11.5. The SMILES string of the molecule is COc1ccc(NCc2ccco2)nc1-c1ccc(S(C)(=O)=O)cc1.CS(=O)(=O)c1ccc(-c2cccc(NCc3ccon3)n2)cc1.CS(=O)(=O)c1ccc(-c2cnc(C(F)(F)F)c(NCc3cccs3)n2)cc1.CS(=O)(=O)c1ccc(-c2cncc(OCc3nccs3)n2)cc1.CS(=O)(=O)c1ccc(-c2cncc(SCc3ccon3)n2)cc1.Cc1ncc(-c2ccc(S(C)(=O)=O)cc2)nc1NCc1cccs1. The number of hydrogen-bond donors (Lipinski definition) is 4. The predicted molar refractivity (Wildman–Crippen MR) is 550 cm³/mol. The second kappa shape index (κ2) is 49.1. The summed E-state index contributed by atoms with van der Waals surface area (Å²) in [6, 6.07) is 62.9. The smallest absolute Gasteiger partial charge is 0.437 e. The van der Waals surface area contributed by atoms with Gasteiger partial charge in [-0.15, -0.1) is 34.0 Å². The van der Waals surface area contributed by atoms with Crippen LogP contribution in [-0.2, 0) is 104 Å². The zero-order chi connectivity index (χ0) is 104. The van der Waals surface area contributed by atoms with E-state index in [9.17, 15) is 63.7 Å². The number of hydrogen-bond acceptors (Lipinski definition) is 38. The van der Waals surface area contributed by atoms with Crippen molar-refractivity contribution in [2.45, 2.75) is 86.0 Å². The molecule has 12 heterocycles. The van der Waals surface area contributed by atoms with E-state index >= 15 is 0 Å². The average molecular weight is 2160 g/mol. The van der Waals surface area contributed by atoms with Gasteiger partial charge in [-0.2, -0.15) is 13.2 Å². The number of aryl methyl sites for hydroxylation is 1. The highest BCUT2D eigenvalue weighted by molar-refractivity contribution is 7.98. The summed E-state index contributed by atoms with van der Waals surface area (Å²) < 4.78 is 204. The van der Waals surface area contributed by atoms with E-state index in [-0.39, 0.29) is 37.6 Å². The summed E-state index contributed by atoms with van der Waals surface area (Å²) in [6.07, 6.45) is 17.9. The second-order valence-electron chi connectivity index (χ2n) is 31.2. The Morgan fingerprint density at radius 2 is 0.841 bits per heavy atom. The minimum Gasteiger partial charge on any atom is -0.494 e. The molecule has 6 aromatic carbocycles. The number of nitrogens with one attached hydrogen (secondary N) is 4. The van der Waals surface area contributed by atoms with Gasteiger partial charge in [-0.25, -0.2) is 90.4 Å². The number of ether oxygens (including phenoxy) is 2. The predicted octanol–water partition coefficient (Wildman–Crippen LogP) is 19.3. The first-order chi connectivity index (χ1) is 69.1. The molecule has 0 saturated heterocycles. The lowest BCUT2D eigenvalue weighted by Crippen LogP contribution is -2.15. The molecule has 0 radical (unpaired) electrons. The number of rotatable bonds is 31. The number of alkyl halides is 3. The van der Waals surface area contributed by atoms with E-state index in [1.165, 1.54) is 114 Å². The van der Waals surface area contributed by atoms with Gasteiger partial charge in [0.1, 0.15) is 69.5 Å².